The maximum atomic E-state index is 13.4. The topological polar surface area (TPSA) is 84.6 Å². The second-order valence-electron chi connectivity index (χ2n) is 4.58. The van der Waals surface area contributed by atoms with E-state index in [2.05, 4.69) is 5.32 Å². The number of nitro groups is 1. The van der Waals surface area contributed by atoms with Crippen LogP contribution < -0.4 is 5.32 Å². The third-order valence-electron chi connectivity index (χ3n) is 3.20. The summed E-state index contributed by atoms with van der Waals surface area (Å²) < 4.78 is 18.5. The van der Waals surface area contributed by atoms with Crippen molar-refractivity contribution in [3.05, 3.63) is 34.1 Å². The smallest absolute Gasteiger partial charge is 0.327 e. The van der Waals surface area contributed by atoms with Gasteiger partial charge in [-0.2, -0.15) is 4.39 Å². The van der Waals surface area contributed by atoms with Crippen LogP contribution >= 0.6 is 0 Å². The van der Waals surface area contributed by atoms with Crippen LogP contribution in [-0.4, -0.2) is 35.4 Å². The first-order chi connectivity index (χ1) is 9.02. The van der Waals surface area contributed by atoms with Crippen molar-refractivity contribution >= 4 is 11.4 Å². The predicted molar refractivity (Wildman–Crippen MR) is 66.5 cm³/mol. The lowest BCUT2D eigenvalue weighted by atomic mass is 9.94. The standard InChI is InChI=1S/C12H15FN2O4/c13-9-2-1-3-10(11(9)15(17)18)14-8-12(16)4-6-19-7-5-12/h1-3,14,16H,4-8H2. The van der Waals surface area contributed by atoms with Crippen molar-refractivity contribution in [3.8, 4) is 0 Å². The van der Waals surface area contributed by atoms with Gasteiger partial charge in [-0.25, -0.2) is 0 Å². The van der Waals surface area contributed by atoms with Crippen LogP contribution in [0, 0.1) is 15.9 Å². The fourth-order valence-corrected chi connectivity index (χ4v) is 2.03. The van der Waals surface area contributed by atoms with E-state index < -0.39 is 22.0 Å². The Balaban J connectivity index is 2.11. The van der Waals surface area contributed by atoms with Crippen molar-refractivity contribution < 1.29 is 19.2 Å². The summed E-state index contributed by atoms with van der Waals surface area (Å²) >= 11 is 0. The lowest BCUT2D eigenvalue weighted by Gasteiger charge is -2.32. The number of anilines is 1. The van der Waals surface area contributed by atoms with Gasteiger partial charge < -0.3 is 15.2 Å². The average Bonchev–Trinajstić information content (AvgIpc) is 2.37. The molecule has 6 nitrogen and oxygen atoms in total. The van der Waals surface area contributed by atoms with Crippen LogP contribution in [0.1, 0.15) is 12.8 Å². The highest BCUT2D eigenvalue weighted by Crippen LogP contribution is 2.29. The van der Waals surface area contributed by atoms with E-state index in [1.807, 2.05) is 0 Å². The fourth-order valence-electron chi connectivity index (χ4n) is 2.03. The van der Waals surface area contributed by atoms with Gasteiger partial charge in [0.1, 0.15) is 5.69 Å². The molecule has 2 N–H and O–H groups in total. The van der Waals surface area contributed by atoms with Crippen LogP contribution in [0.25, 0.3) is 0 Å². The van der Waals surface area contributed by atoms with Gasteiger partial charge in [-0.05, 0) is 12.1 Å². The van der Waals surface area contributed by atoms with Gasteiger partial charge in [-0.3, -0.25) is 10.1 Å². The lowest BCUT2D eigenvalue weighted by molar-refractivity contribution is -0.386. The molecule has 0 saturated carbocycles. The monoisotopic (exact) mass is 270 g/mol. The van der Waals surface area contributed by atoms with E-state index >= 15 is 0 Å². The molecule has 104 valence electrons. The molecule has 7 heteroatoms. The van der Waals surface area contributed by atoms with Crippen molar-refractivity contribution in [2.24, 2.45) is 0 Å². The van der Waals surface area contributed by atoms with Crippen LogP contribution in [0.3, 0.4) is 0 Å². The second-order valence-corrected chi connectivity index (χ2v) is 4.58. The molecule has 2 rings (SSSR count). The number of halogens is 1. The third-order valence-corrected chi connectivity index (χ3v) is 3.20. The summed E-state index contributed by atoms with van der Waals surface area (Å²) in [6, 6.07) is 3.84. The molecule has 1 aromatic carbocycles. The van der Waals surface area contributed by atoms with Gasteiger partial charge in [0, 0.05) is 32.6 Å². The Morgan fingerprint density at radius 3 is 2.79 bits per heavy atom. The number of rotatable bonds is 4. The Morgan fingerprint density at radius 1 is 1.47 bits per heavy atom. The highest BCUT2D eigenvalue weighted by molar-refractivity contribution is 5.62. The van der Waals surface area contributed by atoms with E-state index in [-0.39, 0.29) is 12.2 Å². The van der Waals surface area contributed by atoms with Crippen LogP contribution in [0.2, 0.25) is 0 Å². The van der Waals surface area contributed by atoms with Crippen LogP contribution in [0.15, 0.2) is 18.2 Å². The van der Waals surface area contributed by atoms with Crippen molar-refractivity contribution in [1.82, 2.24) is 0 Å². The molecule has 0 bridgehead atoms. The van der Waals surface area contributed by atoms with Gasteiger partial charge in [-0.1, -0.05) is 6.07 Å². The molecule has 0 amide bonds. The predicted octanol–water partition coefficient (Wildman–Crippen LogP) is 1.69. The van der Waals surface area contributed by atoms with Crippen LogP contribution in [0.4, 0.5) is 15.8 Å². The van der Waals surface area contributed by atoms with Gasteiger partial charge >= 0.3 is 5.69 Å². The lowest BCUT2D eigenvalue weighted by Crippen LogP contribution is -2.42. The first kappa shape index (κ1) is 13.7. The van der Waals surface area contributed by atoms with Gasteiger partial charge in [0.25, 0.3) is 0 Å². The Bertz CT molecular complexity index is 475. The number of hydrogen-bond acceptors (Lipinski definition) is 5. The Kier molecular flexibility index (Phi) is 3.96. The SMILES string of the molecule is O=[N+]([O-])c1c(F)cccc1NCC1(O)CCOCC1. The number of benzene rings is 1. The molecule has 0 aromatic heterocycles. The van der Waals surface area contributed by atoms with Gasteiger partial charge in [0.2, 0.25) is 5.82 Å². The highest BCUT2D eigenvalue weighted by atomic mass is 19.1. The quantitative estimate of drug-likeness (QED) is 0.642. The maximum absolute atomic E-state index is 13.4. The molecule has 1 aliphatic heterocycles. The number of aliphatic hydroxyl groups is 1. The van der Waals surface area contributed by atoms with Crippen molar-refractivity contribution in [2.45, 2.75) is 18.4 Å². The van der Waals surface area contributed by atoms with Crippen molar-refractivity contribution in [3.63, 3.8) is 0 Å². The van der Waals surface area contributed by atoms with E-state index in [0.717, 1.165) is 6.07 Å². The molecule has 1 heterocycles. The summed E-state index contributed by atoms with van der Waals surface area (Å²) in [5.41, 5.74) is -1.50. The zero-order chi connectivity index (χ0) is 13.9. The molecule has 1 saturated heterocycles. The van der Waals surface area contributed by atoms with E-state index in [0.29, 0.717) is 26.1 Å². The molecule has 19 heavy (non-hydrogen) atoms. The van der Waals surface area contributed by atoms with Crippen molar-refractivity contribution in [1.29, 1.82) is 0 Å². The van der Waals surface area contributed by atoms with Gasteiger partial charge in [0.15, 0.2) is 0 Å². The normalized spacial score (nSPS) is 18.0. The molecule has 1 fully saturated rings. The fraction of sp³-hybridized carbons (Fsp3) is 0.500. The summed E-state index contributed by atoms with van der Waals surface area (Å²) in [5, 5.41) is 23.8. The molecular formula is C12H15FN2O4. The molecule has 1 aliphatic rings. The van der Waals surface area contributed by atoms with Crippen molar-refractivity contribution in [2.75, 3.05) is 25.1 Å². The van der Waals surface area contributed by atoms with E-state index in [1.165, 1.54) is 12.1 Å². The zero-order valence-electron chi connectivity index (χ0n) is 10.3. The average molecular weight is 270 g/mol. The molecule has 0 spiro atoms. The van der Waals surface area contributed by atoms with Gasteiger partial charge in [0.05, 0.1) is 10.5 Å². The van der Waals surface area contributed by atoms with E-state index in [4.69, 9.17) is 4.74 Å². The number of nitrogens with zero attached hydrogens (tertiary/aromatic N) is 1. The Labute approximate surface area is 109 Å². The first-order valence-corrected chi connectivity index (χ1v) is 5.99. The Hall–Kier alpha value is -1.73. The van der Waals surface area contributed by atoms with E-state index in [9.17, 15) is 19.6 Å². The molecule has 0 atom stereocenters. The Morgan fingerprint density at radius 2 is 2.16 bits per heavy atom. The largest absolute Gasteiger partial charge is 0.388 e. The maximum Gasteiger partial charge on any atom is 0.327 e. The molecule has 1 aromatic rings. The van der Waals surface area contributed by atoms with Gasteiger partial charge in [-0.15, -0.1) is 0 Å². The van der Waals surface area contributed by atoms with Crippen LogP contribution in [0.5, 0.6) is 0 Å². The third kappa shape index (κ3) is 3.18. The molecule has 0 radical (unpaired) electrons. The number of ether oxygens (including phenoxy) is 1. The minimum Gasteiger partial charge on any atom is -0.388 e. The minimum absolute atomic E-state index is 0.0740. The minimum atomic E-state index is -0.974. The molecular weight excluding hydrogens is 255 g/mol. The number of nitro benzene ring substituents is 1. The summed E-state index contributed by atoms with van der Waals surface area (Å²) in [7, 11) is 0. The number of para-hydroxylation sites is 1. The first-order valence-electron chi connectivity index (χ1n) is 5.99. The molecule has 0 unspecified atom stereocenters. The molecule has 0 aliphatic carbocycles. The van der Waals surface area contributed by atoms with E-state index in [1.54, 1.807) is 0 Å². The zero-order valence-corrected chi connectivity index (χ0v) is 10.3. The summed E-state index contributed by atoms with van der Waals surface area (Å²) in [4.78, 5) is 10.0. The second kappa shape index (κ2) is 5.50. The van der Waals surface area contributed by atoms with Crippen LogP contribution in [-0.2, 0) is 4.74 Å². The summed E-state index contributed by atoms with van der Waals surface area (Å²) in [5.74, 6) is -0.894. The summed E-state index contributed by atoms with van der Waals surface area (Å²) in [6.45, 7) is 1.02. The summed E-state index contributed by atoms with van der Waals surface area (Å²) in [6.07, 6.45) is 0.895. The number of hydrogen-bond donors (Lipinski definition) is 2. The highest BCUT2D eigenvalue weighted by Gasteiger charge is 2.30. The number of nitrogens with one attached hydrogen (secondary N) is 1.